The number of ether oxygens (including phenoxy) is 1. The highest BCUT2D eigenvalue weighted by molar-refractivity contribution is 5.94. The molecule has 0 bridgehead atoms. The number of anilines is 2. The first kappa shape index (κ1) is 23.5. The Kier molecular flexibility index (Phi) is 7.89. The van der Waals surface area contributed by atoms with Crippen LogP contribution in [0.1, 0.15) is 18.7 Å². The fraction of sp³-hybridized carbons (Fsp3) is 0.348. The van der Waals surface area contributed by atoms with Gasteiger partial charge in [0.15, 0.2) is 0 Å². The minimum atomic E-state index is -0.577. The van der Waals surface area contributed by atoms with E-state index in [4.69, 9.17) is 9.26 Å². The largest absolute Gasteiger partial charge is 0.379 e. The first-order valence-corrected chi connectivity index (χ1v) is 11.0. The number of morpholine rings is 1. The van der Waals surface area contributed by atoms with E-state index >= 15 is 0 Å². The quantitative estimate of drug-likeness (QED) is 0.491. The molecular formula is C23H25FN6O4. The van der Waals surface area contributed by atoms with E-state index in [0.29, 0.717) is 42.7 Å². The van der Waals surface area contributed by atoms with Crippen LogP contribution in [0.3, 0.4) is 0 Å². The predicted molar refractivity (Wildman–Crippen MR) is 121 cm³/mol. The normalized spacial score (nSPS) is 14.0. The van der Waals surface area contributed by atoms with Gasteiger partial charge in [0, 0.05) is 62.5 Å². The van der Waals surface area contributed by atoms with Crippen molar-refractivity contribution in [2.75, 3.05) is 43.5 Å². The number of rotatable bonds is 9. The molecule has 1 aliphatic rings. The third-order valence-corrected chi connectivity index (χ3v) is 5.24. The van der Waals surface area contributed by atoms with E-state index in [2.05, 4.69) is 30.7 Å². The fourth-order valence-electron chi connectivity index (χ4n) is 3.41. The van der Waals surface area contributed by atoms with Crippen molar-refractivity contribution in [1.82, 2.24) is 20.0 Å². The number of hydrogen-bond acceptors (Lipinski definition) is 8. The van der Waals surface area contributed by atoms with E-state index in [1.807, 2.05) is 6.07 Å². The van der Waals surface area contributed by atoms with Gasteiger partial charge in [-0.3, -0.25) is 19.5 Å². The summed E-state index contributed by atoms with van der Waals surface area (Å²) >= 11 is 0. The van der Waals surface area contributed by atoms with Crippen LogP contribution in [0.5, 0.6) is 0 Å². The van der Waals surface area contributed by atoms with Crippen LogP contribution in [-0.4, -0.2) is 64.7 Å². The molecule has 0 radical (unpaired) electrons. The number of pyridine rings is 1. The number of hydrogen-bond donors (Lipinski definition) is 2. The lowest BCUT2D eigenvalue weighted by atomic mass is 10.2. The second kappa shape index (κ2) is 11.4. The lowest BCUT2D eigenvalue weighted by molar-refractivity contribution is -0.117. The van der Waals surface area contributed by atoms with Crippen molar-refractivity contribution in [2.24, 2.45) is 0 Å². The number of aryl methyl sites for hydroxylation is 1. The molecule has 4 rings (SSSR count). The third-order valence-electron chi connectivity index (χ3n) is 5.24. The molecule has 3 aromatic rings. The predicted octanol–water partition coefficient (Wildman–Crippen LogP) is 2.50. The van der Waals surface area contributed by atoms with Crippen molar-refractivity contribution in [3.05, 3.63) is 54.4 Å². The van der Waals surface area contributed by atoms with E-state index in [9.17, 15) is 14.0 Å². The summed E-state index contributed by atoms with van der Waals surface area (Å²) in [6.45, 7) is 3.42. The molecule has 11 heteroatoms. The Morgan fingerprint density at radius 2 is 1.91 bits per heavy atom. The van der Waals surface area contributed by atoms with Crippen molar-refractivity contribution in [3.8, 4) is 11.4 Å². The highest BCUT2D eigenvalue weighted by Crippen LogP contribution is 2.21. The smallest absolute Gasteiger partial charge is 0.227 e. The van der Waals surface area contributed by atoms with Crippen molar-refractivity contribution < 1.29 is 23.2 Å². The van der Waals surface area contributed by atoms with Gasteiger partial charge in [0.2, 0.25) is 23.5 Å². The minimum Gasteiger partial charge on any atom is -0.379 e. The average Bonchev–Trinajstić information content (AvgIpc) is 3.34. The maximum atomic E-state index is 14.2. The molecule has 10 nitrogen and oxygen atoms in total. The number of benzene rings is 1. The van der Waals surface area contributed by atoms with Gasteiger partial charge < -0.3 is 19.9 Å². The monoisotopic (exact) mass is 468 g/mol. The van der Waals surface area contributed by atoms with Crippen LogP contribution < -0.4 is 10.6 Å². The lowest BCUT2D eigenvalue weighted by Crippen LogP contribution is -2.38. The molecule has 2 aromatic heterocycles. The van der Waals surface area contributed by atoms with E-state index in [1.54, 1.807) is 18.5 Å². The Morgan fingerprint density at radius 3 is 2.71 bits per heavy atom. The molecule has 0 atom stereocenters. The van der Waals surface area contributed by atoms with Crippen molar-refractivity contribution in [1.29, 1.82) is 0 Å². The van der Waals surface area contributed by atoms with Gasteiger partial charge in [0.25, 0.3) is 0 Å². The average molecular weight is 468 g/mol. The Balaban J connectivity index is 1.26. The molecule has 2 N–H and O–H groups in total. The van der Waals surface area contributed by atoms with Gasteiger partial charge in [-0.05, 0) is 30.3 Å². The van der Waals surface area contributed by atoms with Gasteiger partial charge in [-0.25, -0.2) is 4.39 Å². The molecule has 1 aliphatic heterocycles. The highest BCUT2D eigenvalue weighted by atomic mass is 19.1. The van der Waals surface area contributed by atoms with Crippen LogP contribution in [0.4, 0.5) is 15.8 Å². The molecule has 0 spiro atoms. The minimum absolute atomic E-state index is 0.0165. The number of halogens is 1. The van der Waals surface area contributed by atoms with Gasteiger partial charge in [-0.2, -0.15) is 4.98 Å². The molecule has 1 fully saturated rings. The standard InChI is InChI=1S/C23H25FN6O4/c24-18-4-3-17(14-19(18)27-21(32)7-9-30-10-12-33-13-11-30)26-20(31)5-6-22-28-23(29-34-22)16-2-1-8-25-15-16/h1-4,8,14-15H,5-7,9-13H2,(H,26,31)(H,27,32). The van der Waals surface area contributed by atoms with Crippen LogP contribution >= 0.6 is 0 Å². The van der Waals surface area contributed by atoms with Crippen LogP contribution in [0.15, 0.2) is 47.2 Å². The van der Waals surface area contributed by atoms with Gasteiger partial charge in [-0.1, -0.05) is 5.16 Å². The number of carbonyl (C=O) groups excluding carboxylic acids is 2. The number of nitrogens with one attached hydrogen (secondary N) is 2. The molecule has 0 saturated carbocycles. The topological polar surface area (TPSA) is 122 Å². The summed E-state index contributed by atoms with van der Waals surface area (Å²) in [7, 11) is 0. The van der Waals surface area contributed by atoms with Gasteiger partial charge >= 0.3 is 0 Å². The third kappa shape index (κ3) is 6.65. The van der Waals surface area contributed by atoms with Crippen molar-refractivity contribution >= 4 is 23.2 Å². The molecule has 34 heavy (non-hydrogen) atoms. The first-order valence-electron chi connectivity index (χ1n) is 11.0. The van der Waals surface area contributed by atoms with E-state index < -0.39 is 5.82 Å². The molecule has 178 valence electrons. The summed E-state index contributed by atoms with van der Waals surface area (Å²) in [6, 6.07) is 7.60. The molecular weight excluding hydrogens is 443 g/mol. The van der Waals surface area contributed by atoms with Crippen LogP contribution in [-0.2, 0) is 20.7 Å². The van der Waals surface area contributed by atoms with E-state index in [0.717, 1.165) is 13.1 Å². The first-order chi connectivity index (χ1) is 16.6. The summed E-state index contributed by atoms with van der Waals surface area (Å²) in [4.78, 5) is 35.0. The Labute approximate surface area is 195 Å². The Hall–Kier alpha value is -3.70. The summed E-state index contributed by atoms with van der Waals surface area (Å²) in [6.07, 6.45) is 3.83. The molecule has 2 amide bonds. The summed E-state index contributed by atoms with van der Waals surface area (Å²) in [5.74, 6) is -0.462. The second-order valence-corrected chi connectivity index (χ2v) is 7.75. The van der Waals surface area contributed by atoms with E-state index in [1.165, 1.54) is 18.2 Å². The zero-order valence-corrected chi connectivity index (χ0v) is 18.5. The Bertz CT molecular complexity index is 1120. The summed E-state index contributed by atoms with van der Waals surface area (Å²) in [5, 5.41) is 9.17. The maximum Gasteiger partial charge on any atom is 0.227 e. The van der Waals surface area contributed by atoms with E-state index in [-0.39, 0.29) is 36.8 Å². The van der Waals surface area contributed by atoms with Crippen molar-refractivity contribution in [2.45, 2.75) is 19.3 Å². The molecule has 0 aliphatic carbocycles. The van der Waals surface area contributed by atoms with Gasteiger partial charge in [0.1, 0.15) is 5.82 Å². The van der Waals surface area contributed by atoms with Crippen LogP contribution in [0.25, 0.3) is 11.4 Å². The second-order valence-electron chi connectivity index (χ2n) is 7.75. The van der Waals surface area contributed by atoms with Crippen LogP contribution in [0, 0.1) is 5.82 Å². The summed E-state index contributed by atoms with van der Waals surface area (Å²) in [5.41, 5.74) is 1.10. The lowest BCUT2D eigenvalue weighted by Gasteiger charge is -2.26. The Morgan fingerprint density at radius 1 is 1.09 bits per heavy atom. The number of carbonyl (C=O) groups is 2. The number of amides is 2. The number of aromatic nitrogens is 3. The van der Waals surface area contributed by atoms with Crippen LogP contribution in [0.2, 0.25) is 0 Å². The SMILES string of the molecule is O=C(CCc1nc(-c2cccnc2)no1)Nc1ccc(F)c(NC(=O)CCN2CCOCC2)c1. The molecule has 1 aromatic carbocycles. The van der Waals surface area contributed by atoms with Gasteiger partial charge in [0.05, 0.1) is 18.9 Å². The number of nitrogens with zero attached hydrogens (tertiary/aromatic N) is 4. The zero-order chi connectivity index (χ0) is 23.8. The zero-order valence-electron chi connectivity index (χ0n) is 18.5. The highest BCUT2D eigenvalue weighted by Gasteiger charge is 2.15. The molecule has 3 heterocycles. The molecule has 0 unspecified atom stereocenters. The van der Waals surface area contributed by atoms with Crippen molar-refractivity contribution in [3.63, 3.8) is 0 Å². The molecule has 1 saturated heterocycles. The maximum absolute atomic E-state index is 14.2. The van der Waals surface area contributed by atoms with Gasteiger partial charge in [-0.15, -0.1) is 0 Å². The summed E-state index contributed by atoms with van der Waals surface area (Å²) < 4.78 is 24.7. The fourth-order valence-corrected chi connectivity index (χ4v) is 3.41.